The molecule has 1 amide bonds. The minimum absolute atomic E-state index is 0.0913. The molecule has 0 aromatic heterocycles. The van der Waals surface area contributed by atoms with Gasteiger partial charge >= 0.3 is 0 Å². The fourth-order valence-corrected chi connectivity index (χ4v) is 5.53. The van der Waals surface area contributed by atoms with Crippen molar-refractivity contribution in [2.45, 2.75) is 23.7 Å². The van der Waals surface area contributed by atoms with Crippen LogP contribution < -0.4 is 5.32 Å². The molecular formula is C23H17NO. The normalized spacial score (nSPS) is 27.6. The van der Waals surface area contributed by atoms with Gasteiger partial charge in [0.25, 0.3) is 0 Å². The molecule has 1 heterocycles. The Balaban J connectivity index is 1.72. The number of carbonyl (C=O) groups is 1. The fourth-order valence-electron chi connectivity index (χ4n) is 5.53. The summed E-state index contributed by atoms with van der Waals surface area (Å²) in [4.78, 5) is 13.3. The first-order valence-corrected chi connectivity index (χ1v) is 8.89. The van der Waals surface area contributed by atoms with Crippen LogP contribution in [0.25, 0.3) is 0 Å². The third-order valence-electron chi connectivity index (χ3n) is 6.44. The Morgan fingerprint density at radius 2 is 1.32 bits per heavy atom. The monoisotopic (exact) mass is 323 g/mol. The lowest BCUT2D eigenvalue weighted by molar-refractivity contribution is -0.122. The fraction of sp³-hybridized carbons (Fsp3) is 0.174. The summed E-state index contributed by atoms with van der Waals surface area (Å²) in [6.07, 6.45) is 0.856. The van der Waals surface area contributed by atoms with Crippen LogP contribution in [0, 0.1) is 0 Å². The summed E-state index contributed by atoms with van der Waals surface area (Å²) in [5.41, 5.74) is 7.11. The first-order valence-electron chi connectivity index (χ1n) is 8.89. The summed E-state index contributed by atoms with van der Waals surface area (Å²) in [5, 5.41) is 3.17. The van der Waals surface area contributed by atoms with Gasteiger partial charge < -0.3 is 5.32 Å². The number of fused-ring (bicyclic) bond motifs is 1. The average Bonchev–Trinajstić information content (AvgIpc) is 2.94. The standard InChI is InChI=1S/C23H17NO/c25-22-23(19-11-5-6-12-20(19)24-22)13-18-14-7-1-3-9-16(14)21(23)17-10-4-2-8-15(17)18/h1-12,18,21H,13H2,(H,24,25). The van der Waals surface area contributed by atoms with E-state index in [1.165, 1.54) is 27.8 Å². The highest BCUT2D eigenvalue weighted by Crippen LogP contribution is 2.64. The molecule has 2 bridgehead atoms. The SMILES string of the molecule is O=C1Nc2ccccc2C12CC1c3ccccc3C2c2ccccc21. The quantitative estimate of drug-likeness (QED) is 0.646. The molecule has 2 heteroatoms. The van der Waals surface area contributed by atoms with Gasteiger partial charge in [0.05, 0.1) is 5.41 Å². The third-order valence-corrected chi connectivity index (χ3v) is 6.44. The molecule has 25 heavy (non-hydrogen) atoms. The molecule has 1 spiro atoms. The molecule has 1 unspecified atom stereocenters. The van der Waals surface area contributed by atoms with E-state index in [4.69, 9.17) is 0 Å². The molecule has 1 aliphatic heterocycles. The van der Waals surface area contributed by atoms with E-state index >= 15 is 0 Å². The summed E-state index contributed by atoms with van der Waals surface area (Å²) >= 11 is 0. The number of carbonyl (C=O) groups excluding carboxylic acids is 1. The van der Waals surface area contributed by atoms with E-state index in [1.54, 1.807) is 0 Å². The smallest absolute Gasteiger partial charge is 0.236 e. The number of benzene rings is 3. The Kier molecular flexibility index (Phi) is 2.36. The van der Waals surface area contributed by atoms with Crippen molar-refractivity contribution in [3.8, 4) is 0 Å². The van der Waals surface area contributed by atoms with E-state index in [9.17, 15) is 4.79 Å². The molecular weight excluding hydrogens is 306 g/mol. The van der Waals surface area contributed by atoms with Crippen LogP contribution in [0.2, 0.25) is 0 Å². The van der Waals surface area contributed by atoms with E-state index in [0.717, 1.165) is 12.1 Å². The van der Waals surface area contributed by atoms with Gasteiger partial charge in [-0.05, 0) is 40.3 Å². The van der Waals surface area contributed by atoms with Crippen molar-refractivity contribution in [3.05, 3.63) is 101 Å². The molecule has 3 aromatic rings. The maximum absolute atomic E-state index is 13.3. The first kappa shape index (κ1) is 13.4. The Morgan fingerprint density at radius 3 is 2.00 bits per heavy atom. The van der Waals surface area contributed by atoms with E-state index in [-0.39, 0.29) is 17.7 Å². The van der Waals surface area contributed by atoms with Crippen molar-refractivity contribution < 1.29 is 4.79 Å². The molecule has 120 valence electrons. The number of anilines is 1. The van der Waals surface area contributed by atoms with Crippen molar-refractivity contribution in [1.29, 1.82) is 0 Å². The van der Waals surface area contributed by atoms with E-state index in [1.807, 2.05) is 12.1 Å². The molecule has 3 aliphatic carbocycles. The highest BCUT2D eigenvalue weighted by molar-refractivity contribution is 6.08. The van der Waals surface area contributed by atoms with Gasteiger partial charge in [-0.2, -0.15) is 0 Å². The largest absolute Gasteiger partial charge is 0.325 e. The zero-order valence-electron chi connectivity index (χ0n) is 13.7. The van der Waals surface area contributed by atoms with Crippen LogP contribution in [-0.2, 0) is 10.2 Å². The van der Waals surface area contributed by atoms with Gasteiger partial charge in [-0.3, -0.25) is 4.79 Å². The molecule has 1 N–H and O–H groups in total. The van der Waals surface area contributed by atoms with E-state index < -0.39 is 5.41 Å². The number of para-hydroxylation sites is 1. The van der Waals surface area contributed by atoms with E-state index in [0.29, 0.717) is 0 Å². The van der Waals surface area contributed by atoms with E-state index in [2.05, 4.69) is 66.0 Å². The topological polar surface area (TPSA) is 29.1 Å². The number of hydrogen-bond donors (Lipinski definition) is 1. The number of nitrogens with one attached hydrogen (secondary N) is 1. The van der Waals surface area contributed by atoms with Crippen LogP contribution in [0.4, 0.5) is 5.69 Å². The van der Waals surface area contributed by atoms with Gasteiger partial charge in [0.1, 0.15) is 0 Å². The summed E-state index contributed by atoms with van der Waals surface area (Å²) < 4.78 is 0. The van der Waals surface area contributed by atoms with Gasteiger partial charge in [0.15, 0.2) is 0 Å². The highest BCUT2D eigenvalue weighted by Gasteiger charge is 2.60. The summed E-state index contributed by atoms with van der Waals surface area (Å²) in [6, 6.07) is 25.6. The van der Waals surface area contributed by atoms with Gasteiger partial charge in [-0.15, -0.1) is 0 Å². The molecule has 1 atom stereocenters. The molecule has 7 rings (SSSR count). The second-order valence-electron chi connectivity index (χ2n) is 7.42. The Bertz CT molecular complexity index is 1010. The Labute approximate surface area is 146 Å². The average molecular weight is 323 g/mol. The second-order valence-corrected chi connectivity index (χ2v) is 7.42. The molecule has 0 radical (unpaired) electrons. The molecule has 0 saturated heterocycles. The number of hydrogen-bond acceptors (Lipinski definition) is 1. The Morgan fingerprint density at radius 1 is 0.760 bits per heavy atom. The van der Waals surface area contributed by atoms with Crippen molar-refractivity contribution in [2.75, 3.05) is 5.32 Å². The minimum Gasteiger partial charge on any atom is -0.325 e. The predicted molar refractivity (Wildman–Crippen MR) is 97.9 cm³/mol. The lowest BCUT2D eigenvalue weighted by Gasteiger charge is -2.50. The Hall–Kier alpha value is -2.87. The van der Waals surface area contributed by atoms with Crippen LogP contribution in [-0.4, -0.2) is 5.91 Å². The predicted octanol–water partition coefficient (Wildman–Crippen LogP) is 4.56. The summed E-state index contributed by atoms with van der Waals surface area (Å²) in [7, 11) is 0. The molecule has 4 aliphatic rings. The zero-order chi connectivity index (χ0) is 16.6. The van der Waals surface area contributed by atoms with Crippen LogP contribution in [0.1, 0.15) is 46.1 Å². The third kappa shape index (κ3) is 1.45. The minimum atomic E-state index is -0.482. The van der Waals surface area contributed by atoms with Crippen molar-refractivity contribution in [2.24, 2.45) is 0 Å². The lowest BCUT2D eigenvalue weighted by Crippen LogP contribution is -2.49. The molecule has 0 fully saturated rings. The number of amides is 1. The lowest BCUT2D eigenvalue weighted by atomic mass is 9.50. The summed E-state index contributed by atoms with van der Waals surface area (Å²) in [6.45, 7) is 0. The van der Waals surface area contributed by atoms with Crippen LogP contribution >= 0.6 is 0 Å². The maximum atomic E-state index is 13.3. The zero-order valence-corrected chi connectivity index (χ0v) is 13.7. The van der Waals surface area contributed by atoms with Crippen molar-refractivity contribution >= 4 is 11.6 Å². The van der Waals surface area contributed by atoms with Crippen molar-refractivity contribution in [3.63, 3.8) is 0 Å². The van der Waals surface area contributed by atoms with Crippen LogP contribution in [0.3, 0.4) is 0 Å². The molecule has 3 aromatic carbocycles. The van der Waals surface area contributed by atoms with Crippen LogP contribution in [0.5, 0.6) is 0 Å². The molecule has 0 saturated carbocycles. The van der Waals surface area contributed by atoms with Gasteiger partial charge in [0, 0.05) is 17.5 Å². The summed E-state index contributed by atoms with van der Waals surface area (Å²) in [5.74, 6) is 0.538. The van der Waals surface area contributed by atoms with Gasteiger partial charge in [0.2, 0.25) is 5.91 Å². The van der Waals surface area contributed by atoms with Crippen LogP contribution in [0.15, 0.2) is 72.8 Å². The highest BCUT2D eigenvalue weighted by atomic mass is 16.2. The maximum Gasteiger partial charge on any atom is 0.236 e. The molecule has 2 nitrogen and oxygen atoms in total. The number of rotatable bonds is 0. The first-order chi connectivity index (χ1) is 12.3. The van der Waals surface area contributed by atoms with Crippen molar-refractivity contribution in [1.82, 2.24) is 0 Å². The van der Waals surface area contributed by atoms with Gasteiger partial charge in [-0.25, -0.2) is 0 Å². The second kappa shape index (κ2) is 4.40. The van der Waals surface area contributed by atoms with Gasteiger partial charge in [-0.1, -0.05) is 66.7 Å².